The molecule has 0 aliphatic heterocycles. The van der Waals surface area contributed by atoms with E-state index in [0.29, 0.717) is 5.82 Å². The highest BCUT2D eigenvalue weighted by Crippen LogP contribution is 2.27. The summed E-state index contributed by atoms with van der Waals surface area (Å²) in [5.74, 6) is -0.279. The van der Waals surface area contributed by atoms with E-state index in [1.54, 1.807) is 30.5 Å². The number of hydrogen-bond acceptors (Lipinski definition) is 4. The van der Waals surface area contributed by atoms with Crippen molar-refractivity contribution in [1.82, 2.24) is 4.98 Å². The van der Waals surface area contributed by atoms with E-state index < -0.39 is 20.5 Å². The summed E-state index contributed by atoms with van der Waals surface area (Å²) in [6.07, 6.45) is 1.56. The van der Waals surface area contributed by atoms with Crippen LogP contribution in [0.5, 0.6) is 0 Å². The van der Waals surface area contributed by atoms with Crippen LogP contribution in [0, 0.1) is 13.8 Å². The van der Waals surface area contributed by atoms with Gasteiger partial charge in [0.05, 0.1) is 4.90 Å². The molecule has 0 saturated heterocycles. The maximum Gasteiger partial charge on any atom is 0.246 e. The zero-order valence-corrected chi connectivity index (χ0v) is 14.4. The molecule has 0 aliphatic carbocycles. The highest BCUT2D eigenvalue weighted by molar-refractivity contribution is 7.93. The van der Waals surface area contributed by atoms with Crippen LogP contribution in [0.3, 0.4) is 0 Å². The van der Waals surface area contributed by atoms with E-state index in [-0.39, 0.29) is 4.90 Å². The second-order valence-electron chi connectivity index (χ2n) is 6.00. The minimum absolute atomic E-state index is 0.125. The third kappa shape index (κ3) is 3.42. The van der Waals surface area contributed by atoms with Gasteiger partial charge in [0, 0.05) is 6.20 Å². The van der Waals surface area contributed by atoms with Crippen molar-refractivity contribution in [2.24, 2.45) is 0 Å². The van der Waals surface area contributed by atoms with Gasteiger partial charge in [-0.15, -0.1) is 0 Å². The molecule has 0 unspecified atom stereocenters. The van der Waals surface area contributed by atoms with Gasteiger partial charge in [0.25, 0.3) is 0 Å². The topological polar surface area (TPSA) is 76.1 Å². The van der Waals surface area contributed by atoms with Crippen LogP contribution in [0.25, 0.3) is 0 Å². The summed E-state index contributed by atoms with van der Waals surface area (Å²) in [6.45, 7) is 6.53. The number of hydrogen-bond donors (Lipinski definition) is 1. The average molecular weight is 332 g/mol. The predicted octanol–water partition coefficient (Wildman–Crippen LogP) is 2.89. The first-order valence-electron chi connectivity index (χ1n) is 7.20. The number of carbonyl (C=O) groups excluding carboxylic acids is 1. The van der Waals surface area contributed by atoms with E-state index >= 15 is 0 Å². The Kier molecular flexibility index (Phi) is 4.56. The fraction of sp³-hybridized carbons (Fsp3) is 0.294. The molecule has 1 N–H and O–H groups in total. The van der Waals surface area contributed by atoms with Crippen LogP contribution in [0.4, 0.5) is 5.82 Å². The molecular formula is C17H20N2O3S. The molecule has 6 heteroatoms. The zero-order valence-electron chi connectivity index (χ0n) is 13.6. The number of pyridine rings is 1. The Balaban J connectivity index is 2.32. The smallest absolute Gasteiger partial charge is 0.246 e. The van der Waals surface area contributed by atoms with Gasteiger partial charge in [0.1, 0.15) is 10.6 Å². The molecule has 23 heavy (non-hydrogen) atoms. The van der Waals surface area contributed by atoms with Crippen molar-refractivity contribution in [3.05, 3.63) is 53.7 Å². The van der Waals surface area contributed by atoms with Crippen LogP contribution < -0.4 is 5.32 Å². The van der Waals surface area contributed by atoms with Crippen molar-refractivity contribution >= 4 is 21.6 Å². The number of rotatable bonds is 4. The lowest BCUT2D eigenvalue weighted by Crippen LogP contribution is -2.44. The van der Waals surface area contributed by atoms with Gasteiger partial charge < -0.3 is 5.32 Å². The molecule has 0 atom stereocenters. The summed E-state index contributed by atoms with van der Waals surface area (Å²) in [7, 11) is -3.82. The molecule has 122 valence electrons. The maximum absolute atomic E-state index is 12.8. The zero-order chi connectivity index (χ0) is 17.3. The van der Waals surface area contributed by atoms with Crippen molar-refractivity contribution in [2.45, 2.75) is 37.3 Å². The molecule has 1 heterocycles. The second kappa shape index (κ2) is 6.12. The number of aromatic nitrogens is 1. The van der Waals surface area contributed by atoms with Gasteiger partial charge in [-0.2, -0.15) is 0 Å². The summed E-state index contributed by atoms with van der Waals surface area (Å²) in [4.78, 5) is 16.7. The molecule has 0 saturated carbocycles. The SMILES string of the molecule is Cc1ccc(S(=O)(=O)C(C)(C)C(=O)Nc2cc(C)ccn2)cc1. The minimum atomic E-state index is -3.82. The summed E-state index contributed by atoms with van der Waals surface area (Å²) >= 11 is 0. The van der Waals surface area contributed by atoms with Gasteiger partial charge in [-0.25, -0.2) is 13.4 Å². The first-order valence-corrected chi connectivity index (χ1v) is 8.68. The molecule has 2 aromatic rings. The number of anilines is 1. The quantitative estimate of drug-likeness (QED) is 0.934. The van der Waals surface area contributed by atoms with E-state index in [1.807, 2.05) is 13.8 Å². The van der Waals surface area contributed by atoms with Gasteiger partial charge in [-0.05, 0) is 57.5 Å². The number of aryl methyl sites for hydroxylation is 2. The fourth-order valence-electron chi connectivity index (χ4n) is 2.01. The number of amides is 1. The standard InChI is InChI=1S/C17H20N2O3S/c1-12-5-7-14(8-6-12)23(21,22)17(3,4)16(20)19-15-11-13(2)9-10-18-15/h5-11H,1-4H3,(H,18,19,20). The molecule has 5 nitrogen and oxygen atoms in total. The molecule has 0 aliphatic rings. The van der Waals surface area contributed by atoms with Crippen molar-refractivity contribution in [3.63, 3.8) is 0 Å². The Labute approximate surface area is 136 Å². The largest absolute Gasteiger partial charge is 0.309 e. The Hall–Kier alpha value is -2.21. The van der Waals surface area contributed by atoms with Crippen LogP contribution in [0.1, 0.15) is 25.0 Å². The molecule has 0 fully saturated rings. The predicted molar refractivity (Wildman–Crippen MR) is 90.0 cm³/mol. The lowest BCUT2D eigenvalue weighted by atomic mass is 10.2. The minimum Gasteiger partial charge on any atom is -0.309 e. The van der Waals surface area contributed by atoms with E-state index in [9.17, 15) is 13.2 Å². The first kappa shape index (κ1) is 17.1. The molecule has 1 aromatic heterocycles. The third-order valence-corrected chi connectivity index (χ3v) is 6.13. The average Bonchev–Trinajstić information content (AvgIpc) is 2.47. The Morgan fingerprint density at radius 2 is 1.65 bits per heavy atom. The van der Waals surface area contributed by atoms with E-state index in [0.717, 1.165) is 11.1 Å². The van der Waals surface area contributed by atoms with E-state index in [4.69, 9.17) is 0 Å². The normalized spacial score (nSPS) is 12.0. The van der Waals surface area contributed by atoms with Gasteiger partial charge in [0.2, 0.25) is 5.91 Å². The lowest BCUT2D eigenvalue weighted by Gasteiger charge is -2.23. The monoisotopic (exact) mass is 332 g/mol. The second-order valence-corrected chi connectivity index (χ2v) is 8.50. The van der Waals surface area contributed by atoms with Crippen molar-refractivity contribution in [2.75, 3.05) is 5.32 Å². The first-order chi connectivity index (χ1) is 10.6. The molecule has 2 rings (SSSR count). The molecular weight excluding hydrogens is 312 g/mol. The maximum atomic E-state index is 12.8. The number of carbonyl (C=O) groups is 1. The lowest BCUT2D eigenvalue weighted by molar-refractivity contribution is -0.117. The molecule has 0 bridgehead atoms. The van der Waals surface area contributed by atoms with Crippen LogP contribution >= 0.6 is 0 Å². The number of benzene rings is 1. The summed E-state index contributed by atoms with van der Waals surface area (Å²) in [5.41, 5.74) is 1.88. The fourth-order valence-corrected chi connectivity index (χ4v) is 3.38. The highest BCUT2D eigenvalue weighted by Gasteiger charge is 2.42. The summed E-state index contributed by atoms with van der Waals surface area (Å²) in [6, 6.07) is 9.94. The molecule has 1 aromatic carbocycles. The molecule has 1 amide bonds. The van der Waals surface area contributed by atoms with Crippen LogP contribution in [-0.2, 0) is 14.6 Å². The highest BCUT2D eigenvalue weighted by atomic mass is 32.2. The Morgan fingerprint density at radius 1 is 1.04 bits per heavy atom. The van der Waals surface area contributed by atoms with Gasteiger partial charge >= 0.3 is 0 Å². The van der Waals surface area contributed by atoms with Crippen LogP contribution in [0.2, 0.25) is 0 Å². The number of sulfone groups is 1. The number of nitrogens with zero attached hydrogens (tertiary/aromatic N) is 1. The Morgan fingerprint density at radius 3 is 2.22 bits per heavy atom. The Bertz CT molecular complexity index is 825. The van der Waals surface area contributed by atoms with Crippen molar-refractivity contribution in [1.29, 1.82) is 0 Å². The van der Waals surface area contributed by atoms with E-state index in [1.165, 1.54) is 26.0 Å². The van der Waals surface area contributed by atoms with E-state index in [2.05, 4.69) is 10.3 Å². The third-order valence-electron chi connectivity index (χ3n) is 3.71. The summed E-state index contributed by atoms with van der Waals surface area (Å²) in [5, 5.41) is 2.58. The molecule has 0 radical (unpaired) electrons. The summed E-state index contributed by atoms with van der Waals surface area (Å²) < 4.78 is 23.9. The van der Waals surface area contributed by atoms with Gasteiger partial charge in [-0.1, -0.05) is 17.7 Å². The van der Waals surface area contributed by atoms with Crippen molar-refractivity contribution in [3.8, 4) is 0 Å². The van der Waals surface area contributed by atoms with Crippen LogP contribution in [0.15, 0.2) is 47.5 Å². The number of nitrogens with one attached hydrogen (secondary N) is 1. The molecule has 0 spiro atoms. The van der Waals surface area contributed by atoms with Crippen LogP contribution in [-0.4, -0.2) is 24.1 Å². The van der Waals surface area contributed by atoms with Gasteiger partial charge in [0.15, 0.2) is 9.84 Å². The van der Waals surface area contributed by atoms with Gasteiger partial charge in [-0.3, -0.25) is 4.79 Å². The van der Waals surface area contributed by atoms with Crippen molar-refractivity contribution < 1.29 is 13.2 Å².